The van der Waals surface area contributed by atoms with Gasteiger partial charge in [0.15, 0.2) is 0 Å². The molecule has 0 saturated heterocycles. The van der Waals surface area contributed by atoms with Crippen molar-refractivity contribution in [1.82, 2.24) is 5.16 Å². The molecule has 1 heterocycles. The fourth-order valence-corrected chi connectivity index (χ4v) is 1.34. The molecule has 0 spiro atoms. The molecule has 4 nitrogen and oxygen atoms in total. The predicted molar refractivity (Wildman–Crippen MR) is 39.7 cm³/mol. The molecule has 0 amide bonds. The van der Waals surface area contributed by atoms with Crippen LogP contribution in [0.1, 0.15) is 23.8 Å². The molecule has 12 heavy (non-hydrogen) atoms. The first-order valence-corrected chi connectivity index (χ1v) is 3.84. The second kappa shape index (κ2) is 2.33. The number of carboxylic acid groups (broad SMARTS) is 1. The number of carbonyl (C=O) groups is 1. The van der Waals surface area contributed by atoms with E-state index in [0.717, 1.165) is 5.69 Å². The van der Waals surface area contributed by atoms with Crippen LogP contribution in [0.25, 0.3) is 0 Å². The van der Waals surface area contributed by atoms with Crippen molar-refractivity contribution in [3.05, 3.63) is 17.5 Å². The summed E-state index contributed by atoms with van der Waals surface area (Å²) in [5, 5.41) is 12.3. The molecule has 0 aliphatic heterocycles. The van der Waals surface area contributed by atoms with Crippen molar-refractivity contribution >= 4 is 5.97 Å². The highest BCUT2D eigenvalue weighted by Crippen LogP contribution is 2.47. The van der Waals surface area contributed by atoms with Crippen LogP contribution >= 0.6 is 0 Å². The lowest BCUT2D eigenvalue weighted by Gasteiger charge is -1.87. The lowest BCUT2D eigenvalue weighted by atomic mass is 10.2. The van der Waals surface area contributed by atoms with Gasteiger partial charge in [-0.15, -0.1) is 0 Å². The molecule has 1 N–H and O–H groups in total. The topological polar surface area (TPSA) is 63.3 Å². The fraction of sp³-hybridized carbons (Fsp3) is 0.500. The molecule has 2 atom stereocenters. The maximum atomic E-state index is 10.5. The van der Waals surface area contributed by atoms with E-state index in [1.807, 2.05) is 6.92 Å². The molecule has 1 aromatic heterocycles. The van der Waals surface area contributed by atoms with Crippen LogP contribution in [0.3, 0.4) is 0 Å². The van der Waals surface area contributed by atoms with Crippen molar-refractivity contribution in [2.75, 3.05) is 0 Å². The molecule has 0 unspecified atom stereocenters. The van der Waals surface area contributed by atoms with Crippen molar-refractivity contribution in [3.8, 4) is 0 Å². The standard InChI is InChI=1S/C8H9NO3/c1-4-2-7(12-9-4)5-3-6(5)8(10)11/h2,5-6H,3H2,1H3,(H,10,11)/t5-,6-/m1/s1. The second-order valence-electron chi connectivity index (χ2n) is 3.16. The first-order valence-electron chi connectivity index (χ1n) is 3.84. The molecule has 64 valence electrons. The summed E-state index contributed by atoms with van der Waals surface area (Å²) < 4.78 is 4.96. The molecular weight excluding hydrogens is 158 g/mol. The molecule has 0 bridgehead atoms. The van der Waals surface area contributed by atoms with Gasteiger partial charge in [0.25, 0.3) is 0 Å². The van der Waals surface area contributed by atoms with Crippen molar-refractivity contribution < 1.29 is 14.4 Å². The van der Waals surface area contributed by atoms with Gasteiger partial charge in [-0.2, -0.15) is 0 Å². The Kier molecular flexibility index (Phi) is 1.43. The molecule has 1 aliphatic rings. The molecule has 1 fully saturated rings. The maximum Gasteiger partial charge on any atom is 0.307 e. The highest BCUT2D eigenvalue weighted by atomic mass is 16.5. The summed E-state index contributed by atoms with van der Waals surface area (Å²) in [5.74, 6) is -0.227. The monoisotopic (exact) mass is 167 g/mol. The van der Waals surface area contributed by atoms with E-state index in [4.69, 9.17) is 9.63 Å². The number of aliphatic carboxylic acids is 1. The summed E-state index contributed by atoms with van der Waals surface area (Å²) in [6.45, 7) is 1.82. The van der Waals surface area contributed by atoms with Gasteiger partial charge in [-0.1, -0.05) is 5.16 Å². The smallest absolute Gasteiger partial charge is 0.307 e. The Labute approximate surface area is 69.2 Å². The van der Waals surface area contributed by atoms with Crippen molar-refractivity contribution in [2.24, 2.45) is 5.92 Å². The van der Waals surface area contributed by atoms with E-state index in [9.17, 15) is 4.79 Å². The number of aromatic nitrogens is 1. The fourth-order valence-electron chi connectivity index (χ4n) is 1.34. The van der Waals surface area contributed by atoms with Crippen LogP contribution < -0.4 is 0 Å². The largest absolute Gasteiger partial charge is 0.481 e. The first kappa shape index (κ1) is 7.34. The van der Waals surface area contributed by atoms with Gasteiger partial charge in [0.1, 0.15) is 5.76 Å². The highest BCUT2D eigenvalue weighted by Gasteiger charge is 2.46. The number of carboxylic acids is 1. The van der Waals surface area contributed by atoms with Gasteiger partial charge in [0, 0.05) is 12.0 Å². The van der Waals surface area contributed by atoms with E-state index in [-0.39, 0.29) is 11.8 Å². The van der Waals surface area contributed by atoms with Gasteiger partial charge in [-0.25, -0.2) is 0 Å². The minimum absolute atomic E-state index is 0.0590. The Hall–Kier alpha value is -1.32. The molecule has 1 saturated carbocycles. The second-order valence-corrected chi connectivity index (χ2v) is 3.16. The van der Waals surface area contributed by atoms with E-state index >= 15 is 0 Å². The quantitative estimate of drug-likeness (QED) is 0.718. The average Bonchev–Trinajstić information content (AvgIpc) is 2.70. The minimum Gasteiger partial charge on any atom is -0.481 e. The van der Waals surface area contributed by atoms with Crippen molar-refractivity contribution in [2.45, 2.75) is 19.3 Å². The van der Waals surface area contributed by atoms with Crippen LogP contribution in [0, 0.1) is 12.8 Å². The van der Waals surface area contributed by atoms with Crippen LogP contribution in [0.4, 0.5) is 0 Å². The molecule has 2 rings (SSSR count). The molecular formula is C8H9NO3. The van der Waals surface area contributed by atoms with E-state index in [0.29, 0.717) is 12.2 Å². The van der Waals surface area contributed by atoms with Crippen LogP contribution in [0.2, 0.25) is 0 Å². The van der Waals surface area contributed by atoms with Gasteiger partial charge in [0.05, 0.1) is 11.6 Å². The van der Waals surface area contributed by atoms with Gasteiger partial charge >= 0.3 is 5.97 Å². The number of hydrogen-bond acceptors (Lipinski definition) is 3. The zero-order valence-electron chi connectivity index (χ0n) is 6.65. The van der Waals surface area contributed by atoms with Crippen molar-refractivity contribution in [1.29, 1.82) is 0 Å². The third kappa shape index (κ3) is 1.09. The summed E-state index contributed by atoms with van der Waals surface area (Å²) in [5.41, 5.74) is 0.807. The zero-order valence-corrected chi connectivity index (χ0v) is 6.65. The van der Waals surface area contributed by atoms with Gasteiger partial charge < -0.3 is 9.63 Å². The number of hydrogen-bond donors (Lipinski definition) is 1. The summed E-state index contributed by atoms with van der Waals surface area (Å²) in [6, 6.07) is 1.80. The van der Waals surface area contributed by atoms with Gasteiger partial charge in [0.2, 0.25) is 0 Å². The van der Waals surface area contributed by atoms with E-state index in [1.165, 1.54) is 0 Å². The zero-order chi connectivity index (χ0) is 8.72. The number of rotatable bonds is 2. The van der Waals surface area contributed by atoms with Gasteiger partial charge in [-0.3, -0.25) is 4.79 Å². The van der Waals surface area contributed by atoms with Crippen molar-refractivity contribution in [3.63, 3.8) is 0 Å². The third-order valence-corrected chi connectivity index (χ3v) is 2.12. The molecule has 1 aromatic rings. The molecule has 0 radical (unpaired) electrons. The lowest BCUT2D eigenvalue weighted by Crippen LogP contribution is -1.98. The van der Waals surface area contributed by atoms with Crippen LogP contribution in [-0.4, -0.2) is 16.2 Å². The van der Waals surface area contributed by atoms with Crippen LogP contribution in [0.15, 0.2) is 10.6 Å². The minimum atomic E-state index is -0.742. The third-order valence-electron chi connectivity index (χ3n) is 2.12. The summed E-state index contributed by atoms with van der Waals surface area (Å²) in [7, 11) is 0. The first-order chi connectivity index (χ1) is 5.68. The average molecular weight is 167 g/mol. The Morgan fingerprint density at radius 3 is 3.00 bits per heavy atom. The SMILES string of the molecule is Cc1cc([C@@H]2C[C@H]2C(=O)O)on1. The van der Waals surface area contributed by atoms with Crippen LogP contribution in [-0.2, 0) is 4.79 Å². The summed E-state index contributed by atoms with van der Waals surface area (Å²) in [6.07, 6.45) is 0.684. The maximum absolute atomic E-state index is 10.5. The van der Waals surface area contributed by atoms with Crippen LogP contribution in [0.5, 0.6) is 0 Å². The Morgan fingerprint density at radius 1 is 1.83 bits per heavy atom. The van der Waals surface area contributed by atoms with E-state index in [1.54, 1.807) is 6.07 Å². The van der Waals surface area contributed by atoms with E-state index in [2.05, 4.69) is 5.16 Å². The number of aryl methyl sites for hydroxylation is 1. The van der Waals surface area contributed by atoms with Gasteiger partial charge in [-0.05, 0) is 13.3 Å². The highest BCUT2D eigenvalue weighted by molar-refractivity contribution is 5.74. The number of nitrogens with zero attached hydrogens (tertiary/aromatic N) is 1. The molecule has 4 heteroatoms. The predicted octanol–water partition coefficient (Wildman–Crippen LogP) is 1.17. The summed E-state index contributed by atoms with van der Waals surface area (Å²) >= 11 is 0. The Morgan fingerprint density at radius 2 is 2.58 bits per heavy atom. The summed E-state index contributed by atoms with van der Waals surface area (Å²) in [4.78, 5) is 10.5. The Bertz CT molecular complexity index is 318. The molecule has 0 aromatic carbocycles. The molecule has 1 aliphatic carbocycles. The van der Waals surface area contributed by atoms with E-state index < -0.39 is 5.97 Å². The lowest BCUT2D eigenvalue weighted by molar-refractivity contribution is -0.138. The normalized spacial score (nSPS) is 27.1. The Balaban J connectivity index is 2.10.